The Balaban J connectivity index is 2.49. The molecular weight excluding hydrogens is 489 g/mol. The van der Waals surface area contributed by atoms with Gasteiger partial charge >= 0.3 is 18.1 Å². The second-order valence-electron chi connectivity index (χ2n) is 10.2. The lowest BCUT2D eigenvalue weighted by molar-refractivity contribution is -0.278. The normalized spacial score (nSPS) is 18.5. The summed E-state index contributed by atoms with van der Waals surface area (Å²) in [6.45, 7) is 9.62. The van der Waals surface area contributed by atoms with E-state index < -0.39 is 52.8 Å². The second-order valence-corrected chi connectivity index (χ2v) is 10.2. The minimum Gasteiger partial charge on any atom is -0.461 e. The van der Waals surface area contributed by atoms with E-state index in [2.05, 4.69) is 0 Å². The smallest absolute Gasteiger partial charge is 0.432 e. The molecule has 0 bridgehead atoms. The minimum absolute atomic E-state index is 0.180. The SMILES string of the molecule is COC(C(=O)O[C@@H](/C=C/C1(C)C(C)=CC(=O)C=C1C)COC(=O)C(C)(C)C)(c1ccccc1)C(F)(F)F. The topological polar surface area (TPSA) is 78.9 Å². The van der Waals surface area contributed by atoms with Gasteiger partial charge in [-0.1, -0.05) is 47.6 Å². The predicted octanol–water partition coefficient (Wildman–Crippen LogP) is 5.63. The van der Waals surface area contributed by atoms with Crippen LogP contribution in [0.3, 0.4) is 0 Å². The predicted molar refractivity (Wildman–Crippen MR) is 131 cm³/mol. The number of hydrogen-bond acceptors (Lipinski definition) is 6. The maximum Gasteiger partial charge on any atom is 0.432 e. The van der Waals surface area contributed by atoms with E-state index in [9.17, 15) is 27.6 Å². The number of methoxy groups -OCH3 is 1. The fourth-order valence-corrected chi connectivity index (χ4v) is 3.75. The average molecular weight is 523 g/mol. The van der Waals surface area contributed by atoms with Gasteiger partial charge in [0.25, 0.3) is 5.60 Å². The Labute approximate surface area is 215 Å². The molecule has 0 radical (unpaired) electrons. The van der Waals surface area contributed by atoms with E-state index in [0.717, 1.165) is 19.2 Å². The molecule has 0 aromatic heterocycles. The van der Waals surface area contributed by atoms with Crippen molar-refractivity contribution in [2.75, 3.05) is 13.7 Å². The Morgan fingerprint density at radius 1 is 1.00 bits per heavy atom. The monoisotopic (exact) mass is 522 g/mol. The van der Waals surface area contributed by atoms with E-state index in [0.29, 0.717) is 11.1 Å². The molecule has 0 saturated heterocycles. The van der Waals surface area contributed by atoms with Crippen LogP contribution in [0.1, 0.15) is 47.1 Å². The molecule has 0 aliphatic heterocycles. The van der Waals surface area contributed by atoms with Crippen LogP contribution < -0.4 is 0 Å². The van der Waals surface area contributed by atoms with E-state index in [-0.39, 0.29) is 5.78 Å². The zero-order chi connectivity index (χ0) is 28.2. The van der Waals surface area contributed by atoms with Crippen molar-refractivity contribution in [3.05, 3.63) is 71.3 Å². The van der Waals surface area contributed by atoms with Crippen molar-refractivity contribution in [3.63, 3.8) is 0 Å². The lowest BCUT2D eigenvalue weighted by atomic mass is 9.73. The number of hydrogen-bond donors (Lipinski definition) is 0. The maximum absolute atomic E-state index is 14.3. The molecule has 37 heavy (non-hydrogen) atoms. The van der Waals surface area contributed by atoms with Gasteiger partial charge < -0.3 is 14.2 Å². The summed E-state index contributed by atoms with van der Waals surface area (Å²) in [5.41, 5.74) is -4.14. The van der Waals surface area contributed by atoms with Gasteiger partial charge in [0.2, 0.25) is 0 Å². The fourth-order valence-electron chi connectivity index (χ4n) is 3.75. The highest BCUT2D eigenvalue weighted by atomic mass is 19.4. The Morgan fingerprint density at radius 3 is 2.00 bits per heavy atom. The first-order chi connectivity index (χ1) is 17.0. The molecule has 1 unspecified atom stereocenters. The van der Waals surface area contributed by atoms with E-state index >= 15 is 0 Å². The van der Waals surface area contributed by atoms with Gasteiger partial charge in [0.15, 0.2) is 11.9 Å². The zero-order valence-electron chi connectivity index (χ0n) is 22.1. The summed E-state index contributed by atoms with van der Waals surface area (Å²) in [7, 11) is 0.772. The summed E-state index contributed by atoms with van der Waals surface area (Å²) in [5.74, 6) is -2.51. The first-order valence-electron chi connectivity index (χ1n) is 11.7. The van der Waals surface area contributed by atoms with Crippen LogP contribution in [0.15, 0.2) is 65.8 Å². The first kappa shape index (κ1) is 30.0. The summed E-state index contributed by atoms with van der Waals surface area (Å²) in [5, 5.41) is 0. The number of ketones is 1. The first-order valence-corrected chi connectivity index (χ1v) is 11.7. The van der Waals surface area contributed by atoms with Crippen molar-refractivity contribution >= 4 is 17.7 Å². The molecule has 0 N–H and O–H groups in total. The largest absolute Gasteiger partial charge is 0.461 e. The molecule has 0 heterocycles. The molecule has 202 valence electrons. The summed E-state index contributed by atoms with van der Waals surface area (Å²) in [6, 6.07) is 6.43. The maximum atomic E-state index is 14.3. The van der Waals surface area contributed by atoms with Crippen LogP contribution in [0.4, 0.5) is 13.2 Å². The second kappa shape index (κ2) is 11.0. The Bertz CT molecular complexity index is 1090. The number of rotatable bonds is 8. The number of ether oxygens (including phenoxy) is 3. The van der Waals surface area contributed by atoms with Crippen LogP contribution in [0.2, 0.25) is 0 Å². The number of carbonyl (C=O) groups excluding carboxylic acids is 3. The molecule has 2 atom stereocenters. The Morgan fingerprint density at radius 2 is 1.54 bits per heavy atom. The minimum atomic E-state index is -5.16. The van der Waals surface area contributed by atoms with Crippen LogP contribution >= 0.6 is 0 Å². The molecule has 1 aliphatic rings. The molecule has 2 rings (SSSR count). The van der Waals surface area contributed by atoms with Gasteiger partial charge in [-0.25, -0.2) is 4.79 Å². The fraction of sp³-hybridized carbons (Fsp3) is 0.464. The molecule has 0 amide bonds. The summed E-state index contributed by atoms with van der Waals surface area (Å²) < 4.78 is 58.4. The molecule has 9 heteroatoms. The standard InChI is InChI=1S/C28H33F3O6/c1-18-15-21(32)16-19(2)26(18,6)14-13-22(17-36-23(33)25(3,4)5)37-24(34)27(35-7,28(29,30)31)20-11-9-8-10-12-20/h8-16,22H,17H2,1-7H3/b14-13+/t22-,27?/m0/s1. The molecular formula is C28H33F3O6. The van der Waals surface area contributed by atoms with E-state index in [1.165, 1.54) is 36.4 Å². The Hall–Kier alpha value is -3.20. The molecule has 0 fully saturated rings. The van der Waals surface area contributed by atoms with Gasteiger partial charge in [-0.2, -0.15) is 13.2 Å². The van der Waals surface area contributed by atoms with Crippen LogP contribution in [0, 0.1) is 10.8 Å². The van der Waals surface area contributed by atoms with E-state index in [1.807, 2.05) is 6.92 Å². The molecule has 0 saturated carbocycles. The van der Waals surface area contributed by atoms with E-state index in [4.69, 9.17) is 14.2 Å². The van der Waals surface area contributed by atoms with Crippen molar-refractivity contribution < 1.29 is 41.8 Å². The number of allylic oxidation sites excluding steroid dienone is 5. The van der Waals surface area contributed by atoms with Crippen LogP contribution in [-0.2, 0) is 34.2 Å². The average Bonchev–Trinajstić information content (AvgIpc) is 2.79. The molecule has 6 nitrogen and oxygen atoms in total. The molecule has 1 aromatic carbocycles. The highest BCUT2D eigenvalue weighted by Crippen LogP contribution is 2.43. The van der Waals surface area contributed by atoms with Crippen LogP contribution in [0.25, 0.3) is 0 Å². The van der Waals surface area contributed by atoms with E-state index in [1.54, 1.807) is 40.7 Å². The highest BCUT2D eigenvalue weighted by molar-refractivity contribution is 6.02. The van der Waals surface area contributed by atoms with Crippen LogP contribution in [-0.4, -0.2) is 43.7 Å². The van der Waals surface area contributed by atoms with Crippen molar-refractivity contribution in [1.29, 1.82) is 0 Å². The van der Waals surface area contributed by atoms with Gasteiger partial charge in [0, 0.05) is 18.1 Å². The highest BCUT2D eigenvalue weighted by Gasteiger charge is 2.64. The number of benzene rings is 1. The lowest BCUT2D eigenvalue weighted by Crippen LogP contribution is -2.52. The summed E-state index contributed by atoms with van der Waals surface area (Å²) >= 11 is 0. The third-order valence-corrected chi connectivity index (χ3v) is 6.42. The van der Waals surface area contributed by atoms with Crippen molar-refractivity contribution in [1.82, 2.24) is 0 Å². The van der Waals surface area contributed by atoms with Gasteiger partial charge in [0.05, 0.1) is 5.41 Å². The van der Waals surface area contributed by atoms with Crippen molar-refractivity contribution in [2.45, 2.75) is 59.4 Å². The van der Waals surface area contributed by atoms with Gasteiger partial charge in [-0.05, 0) is 59.8 Å². The Kier molecular flexibility index (Phi) is 8.96. The van der Waals surface area contributed by atoms with Gasteiger partial charge in [-0.3, -0.25) is 9.59 Å². The summed E-state index contributed by atoms with van der Waals surface area (Å²) in [6.07, 6.45) is -0.662. The van der Waals surface area contributed by atoms with Gasteiger partial charge in [-0.15, -0.1) is 0 Å². The molecule has 0 spiro atoms. The third-order valence-electron chi connectivity index (χ3n) is 6.42. The van der Waals surface area contributed by atoms with Crippen LogP contribution in [0.5, 0.6) is 0 Å². The summed E-state index contributed by atoms with van der Waals surface area (Å²) in [4.78, 5) is 37.4. The number of halogens is 3. The lowest BCUT2D eigenvalue weighted by Gasteiger charge is -2.34. The number of carbonyl (C=O) groups is 3. The van der Waals surface area contributed by atoms with Gasteiger partial charge in [0.1, 0.15) is 6.61 Å². The number of alkyl halides is 3. The zero-order valence-corrected chi connectivity index (χ0v) is 22.1. The molecule has 1 aliphatic carbocycles. The molecule has 1 aromatic rings. The third kappa shape index (κ3) is 6.39. The number of esters is 2. The van der Waals surface area contributed by atoms with Crippen molar-refractivity contribution in [2.24, 2.45) is 10.8 Å². The van der Waals surface area contributed by atoms with Crippen molar-refractivity contribution in [3.8, 4) is 0 Å². The quantitative estimate of drug-likeness (QED) is 0.325.